The zero-order valence-electron chi connectivity index (χ0n) is 13.9. The van der Waals surface area contributed by atoms with Crippen molar-refractivity contribution >= 4 is 21.6 Å². The fraction of sp³-hybridized carbons (Fsp3) is 0.727. The number of rotatable bonds is 8. The number of amides is 1. The summed E-state index contributed by atoms with van der Waals surface area (Å²) in [5.74, 6) is -1.58. The first-order chi connectivity index (χ1) is 12.5. The van der Waals surface area contributed by atoms with Crippen molar-refractivity contribution in [1.82, 2.24) is 10.2 Å². The van der Waals surface area contributed by atoms with Crippen LogP contribution >= 0.6 is 15.6 Å². The van der Waals surface area contributed by atoms with Gasteiger partial charge in [-0.1, -0.05) is 0 Å². The molecule has 0 aromatic heterocycles. The zero-order chi connectivity index (χ0) is 20.4. The van der Waals surface area contributed by atoms with Crippen LogP contribution < -0.4 is 5.32 Å². The maximum atomic E-state index is 11.7. The molecule has 0 spiro atoms. The van der Waals surface area contributed by atoms with Crippen molar-refractivity contribution in [1.29, 1.82) is 0 Å². The number of hydrogen-bond donors (Lipinski definition) is 6. The summed E-state index contributed by atoms with van der Waals surface area (Å²) in [5.41, 5.74) is 0. The van der Waals surface area contributed by atoms with Gasteiger partial charge >= 0.3 is 15.6 Å². The smallest absolute Gasteiger partial charge is 0.396 e. The third-order valence-corrected chi connectivity index (χ3v) is 6.41. The fourth-order valence-electron chi connectivity index (χ4n) is 2.49. The molecule has 3 unspecified atom stereocenters. The molecule has 0 saturated carbocycles. The Balaban J connectivity index is 2.05. The minimum atomic E-state index is -5.03. The normalized spacial score (nSPS) is 35.6. The molecule has 0 radical (unpaired) electrons. The molecule has 2 rings (SSSR count). The van der Waals surface area contributed by atoms with Crippen LogP contribution in [-0.4, -0.2) is 81.0 Å². The van der Waals surface area contributed by atoms with Crippen LogP contribution in [0.25, 0.3) is 0 Å². The molecule has 0 aliphatic carbocycles. The zero-order valence-corrected chi connectivity index (χ0v) is 15.7. The first-order valence-electron chi connectivity index (χ1n) is 7.45. The molecule has 2 aliphatic rings. The average molecular weight is 434 g/mol. The molecule has 0 aromatic rings. The lowest BCUT2D eigenvalue weighted by molar-refractivity contribution is -0.152. The second kappa shape index (κ2) is 8.64. The summed E-state index contributed by atoms with van der Waals surface area (Å²) in [5, 5.41) is 31.8. The van der Waals surface area contributed by atoms with Crippen LogP contribution in [-0.2, 0) is 32.0 Å². The van der Waals surface area contributed by atoms with Gasteiger partial charge in [-0.15, -0.1) is 0 Å². The maximum absolute atomic E-state index is 11.7. The standard InChI is InChI=1S/C11H20N2O12P2/c1-22-26(18,19)25-27(20,21)23-5-7-6(4-14)9(16)10(24-7)13-3-2-8(15)12-11(13)17/h2-3,6-7,9-11,14,16-17H,4-5H2,1H3,(H,12,15)(H,18,19)(H,20,21)/t6-,7-,9-,10-,11?/m1/s1. The van der Waals surface area contributed by atoms with E-state index in [0.717, 1.165) is 24.3 Å². The molecule has 14 nitrogen and oxygen atoms in total. The molecule has 16 heteroatoms. The lowest BCUT2D eigenvalue weighted by Crippen LogP contribution is -2.55. The summed E-state index contributed by atoms with van der Waals surface area (Å²) >= 11 is 0. The molecular weight excluding hydrogens is 414 g/mol. The molecule has 2 aliphatic heterocycles. The number of hydrogen-bond acceptors (Lipinski definition) is 11. The van der Waals surface area contributed by atoms with Crippen LogP contribution in [0.2, 0.25) is 0 Å². The number of ether oxygens (including phenoxy) is 1. The number of phosphoric acid groups is 2. The molecule has 6 N–H and O–H groups in total. The van der Waals surface area contributed by atoms with Crippen molar-refractivity contribution in [3.63, 3.8) is 0 Å². The van der Waals surface area contributed by atoms with E-state index in [1.165, 1.54) is 0 Å². The van der Waals surface area contributed by atoms with E-state index in [4.69, 9.17) is 9.63 Å². The Morgan fingerprint density at radius 1 is 1.30 bits per heavy atom. The lowest BCUT2D eigenvalue weighted by Gasteiger charge is -2.35. The van der Waals surface area contributed by atoms with E-state index in [0.29, 0.717) is 0 Å². The van der Waals surface area contributed by atoms with Crippen molar-refractivity contribution in [3.05, 3.63) is 12.3 Å². The van der Waals surface area contributed by atoms with E-state index in [1.54, 1.807) is 0 Å². The van der Waals surface area contributed by atoms with Crippen molar-refractivity contribution in [2.45, 2.75) is 24.8 Å². The summed E-state index contributed by atoms with van der Waals surface area (Å²) in [4.78, 5) is 30.8. The second-order valence-electron chi connectivity index (χ2n) is 5.54. The third-order valence-electron chi connectivity index (χ3n) is 3.82. The number of aliphatic hydroxyl groups is 3. The van der Waals surface area contributed by atoms with Gasteiger partial charge in [0.2, 0.25) is 12.3 Å². The summed E-state index contributed by atoms with van der Waals surface area (Å²) in [7, 11) is -9.06. The number of nitrogens with one attached hydrogen (secondary N) is 1. The maximum Gasteiger partial charge on any atom is 0.481 e. The SMILES string of the molecule is COP(=O)(O)OP(=O)(O)OC[C@H]1O[C@@H](N2C=CC(=O)NC2O)[C@H](O)[C@@H]1CO. The Hall–Kier alpha value is -0.890. The monoisotopic (exact) mass is 434 g/mol. The Bertz CT molecular complexity index is 674. The van der Waals surface area contributed by atoms with Crippen LogP contribution in [0.1, 0.15) is 0 Å². The topological polar surface area (TPSA) is 205 Å². The highest BCUT2D eigenvalue weighted by atomic mass is 31.3. The molecule has 0 aromatic carbocycles. The van der Waals surface area contributed by atoms with Gasteiger partial charge in [0.25, 0.3) is 0 Å². The van der Waals surface area contributed by atoms with Crippen LogP contribution in [0.15, 0.2) is 12.3 Å². The van der Waals surface area contributed by atoms with Crippen molar-refractivity contribution in [2.24, 2.45) is 5.92 Å². The molecule has 1 amide bonds. The van der Waals surface area contributed by atoms with Gasteiger partial charge in [-0.3, -0.25) is 13.8 Å². The molecule has 7 atom stereocenters. The Kier molecular flexibility index (Phi) is 7.17. The van der Waals surface area contributed by atoms with Crippen LogP contribution in [0.4, 0.5) is 0 Å². The highest BCUT2D eigenvalue weighted by molar-refractivity contribution is 7.61. The van der Waals surface area contributed by atoms with Crippen LogP contribution in [0.5, 0.6) is 0 Å². The van der Waals surface area contributed by atoms with Gasteiger partial charge in [-0.2, -0.15) is 4.31 Å². The summed E-state index contributed by atoms with van der Waals surface area (Å²) in [6.07, 6.45) is -3.05. The van der Waals surface area contributed by atoms with E-state index in [2.05, 4.69) is 18.7 Å². The molecule has 1 fully saturated rings. The number of aliphatic hydroxyl groups excluding tert-OH is 3. The van der Waals surface area contributed by atoms with Gasteiger partial charge in [0.15, 0.2) is 6.23 Å². The van der Waals surface area contributed by atoms with E-state index >= 15 is 0 Å². The summed E-state index contributed by atoms with van der Waals surface area (Å²) in [6, 6.07) is 0. The minimum absolute atomic E-state index is 0.574. The predicted molar refractivity (Wildman–Crippen MR) is 84.1 cm³/mol. The molecule has 27 heavy (non-hydrogen) atoms. The molecule has 156 valence electrons. The molecule has 0 bridgehead atoms. The number of carbonyl (C=O) groups excluding carboxylic acids is 1. The van der Waals surface area contributed by atoms with Crippen molar-refractivity contribution in [2.75, 3.05) is 20.3 Å². The molecule has 2 heterocycles. The van der Waals surface area contributed by atoms with E-state index in [1.807, 2.05) is 0 Å². The predicted octanol–water partition coefficient (Wildman–Crippen LogP) is -2.22. The number of nitrogens with zero attached hydrogens (tertiary/aromatic N) is 1. The Morgan fingerprint density at radius 2 is 1.96 bits per heavy atom. The molecule has 1 saturated heterocycles. The fourth-order valence-corrected chi connectivity index (χ4v) is 4.32. The van der Waals surface area contributed by atoms with Crippen LogP contribution in [0.3, 0.4) is 0 Å². The van der Waals surface area contributed by atoms with Crippen LogP contribution in [0, 0.1) is 5.92 Å². The Labute approximate surface area is 153 Å². The van der Waals surface area contributed by atoms with Gasteiger partial charge in [-0.05, 0) is 0 Å². The summed E-state index contributed by atoms with van der Waals surface area (Å²) in [6.45, 7) is -1.32. The third kappa shape index (κ3) is 5.56. The van der Waals surface area contributed by atoms with E-state index < -0.39 is 65.5 Å². The van der Waals surface area contributed by atoms with E-state index in [-0.39, 0.29) is 0 Å². The van der Waals surface area contributed by atoms with Crippen molar-refractivity contribution < 1.29 is 57.1 Å². The van der Waals surface area contributed by atoms with E-state index in [9.17, 15) is 34.1 Å². The highest BCUT2D eigenvalue weighted by Gasteiger charge is 2.48. The number of phosphoric ester groups is 2. The van der Waals surface area contributed by atoms with Gasteiger partial charge < -0.3 is 40.1 Å². The van der Waals surface area contributed by atoms with Gasteiger partial charge in [0, 0.05) is 25.3 Å². The second-order valence-corrected chi connectivity index (χ2v) is 8.70. The molecular formula is C11H20N2O12P2. The van der Waals surface area contributed by atoms with Crippen molar-refractivity contribution in [3.8, 4) is 0 Å². The first kappa shape index (κ1) is 22.4. The highest BCUT2D eigenvalue weighted by Crippen LogP contribution is 2.60. The average Bonchev–Trinajstić information content (AvgIpc) is 2.88. The lowest BCUT2D eigenvalue weighted by atomic mass is 9.99. The quantitative estimate of drug-likeness (QED) is 0.224. The Morgan fingerprint density at radius 3 is 2.52 bits per heavy atom. The van der Waals surface area contributed by atoms with Gasteiger partial charge in [0.05, 0.1) is 19.3 Å². The minimum Gasteiger partial charge on any atom is -0.396 e. The van der Waals surface area contributed by atoms with Gasteiger partial charge in [0.1, 0.15) is 6.10 Å². The first-order valence-corrected chi connectivity index (χ1v) is 10.4. The largest absolute Gasteiger partial charge is 0.481 e. The van der Waals surface area contributed by atoms with Gasteiger partial charge in [-0.25, -0.2) is 9.13 Å². The number of carbonyl (C=O) groups is 1. The summed E-state index contributed by atoms with van der Waals surface area (Å²) < 4.78 is 40.9.